The minimum atomic E-state index is 0.433. The summed E-state index contributed by atoms with van der Waals surface area (Å²) in [5.74, 6) is 6.12. The van der Waals surface area contributed by atoms with Crippen LogP contribution in [0.2, 0.25) is 0 Å². The SMILES string of the molecule is Cn1c(C2CC2c2ccc3ccccc3n2)nc2c3cccnc3ccc21.Cn1c([C@@H]2C[C@H]2c2ccc3ccccc3n2)nc2c3cccnc3ccc21.Cn1c([C@H]2C[C@@H]2c2ccc3ccccc3n2)nc2c3cccnc3ccc21. The van der Waals surface area contributed by atoms with E-state index in [2.05, 4.69) is 195 Å². The Morgan fingerprint density at radius 2 is 0.593 bits per heavy atom. The van der Waals surface area contributed by atoms with Crippen molar-refractivity contribution in [1.82, 2.24) is 58.6 Å². The Morgan fingerprint density at radius 3 is 0.914 bits per heavy atom. The molecule has 9 aromatic heterocycles. The molecule has 2 unspecified atom stereocenters. The summed E-state index contributed by atoms with van der Waals surface area (Å²) in [6.45, 7) is 0. The fourth-order valence-electron chi connectivity index (χ4n) is 12.8. The van der Waals surface area contributed by atoms with Crippen molar-refractivity contribution in [2.24, 2.45) is 21.1 Å². The monoisotopic (exact) mass is 1050 g/mol. The second-order valence-corrected chi connectivity index (χ2v) is 22.2. The van der Waals surface area contributed by atoms with Gasteiger partial charge in [0.1, 0.15) is 17.5 Å². The zero-order valence-corrected chi connectivity index (χ0v) is 45.0. The number of imidazole rings is 3. The third-order valence-electron chi connectivity index (χ3n) is 17.4. The van der Waals surface area contributed by atoms with Gasteiger partial charge in [-0.15, -0.1) is 0 Å². The molecule has 9 heterocycles. The molecule has 3 fully saturated rings. The molecule has 15 aromatic rings. The molecule has 0 amide bonds. The molecule has 81 heavy (non-hydrogen) atoms. The molecule has 0 spiro atoms. The first-order chi connectivity index (χ1) is 39.9. The lowest BCUT2D eigenvalue weighted by Crippen LogP contribution is -1.97. The molecule has 12 nitrogen and oxygen atoms in total. The van der Waals surface area contributed by atoms with E-state index in [1.54, 1.807) is 0 Å². The summed E-state index contributed by atoms with van der Waals surface area (Å²) < 4.78 is 6.73. The molecular weight excluding hydrogens is 997 g/mol. The average Bonchev–Trinajstić information content (AvgIpc) is 3.92. The van der Waals surface area contributed by atoms with Gasteiger partial charge in [0, 0.05) is 125 Å². The van der Waals surface area contributed by atoms with Crippen molar-refractivity contribution in [3.63, 3.8) is 0 Å². The van der Waals surface area contributed by atoms with Crippen molar-refractivity contribution in [2.45, 2.75) is 54.8 Å². The quantitative estimate of drug-likeness (QED) is 0.160. The fourth-order valence-corrected chi connectivity index (χ4v) is 12.8. The zero-order chi connectivity index (χ0) is 53.9. The minimum Gasteiger partial charge on any atom is -0.331 e. The van der Waals surface area contributed by atoms with Crippen molar-refractivity contribution in [1.29, 1.82) is 0 Å². The van der Waals surface area contributed by atoms with Gasteiger partial charge in [-0.25, -0.2) is 15.0 Å². The Bertz CT molecular complexity index is 4500. The number of aryl methyl sites for hydroxylation is 3. The molecule has 6 atom stereocenters. The molecule has 0 bridgehead atoms. The fraction of sp³-hybridized carbons (Fsp3) is 0.174. The highest BCUT2D eigenvalue weighted by Gasteiger charge is 2.46. The van der Waals surface area contributed by atoms with E-state index >= 15 is 0 Å². The molecular formula is C69H54N12. The Hall–Kier alpha value is -9.81. The third-order valence-corrected chi connectivity index (χ3v) is 17.4. The van der Waals surface area contributed by atoms with Crippen LogP contribution in [0.3, 0.4) is 0 Å². The Morgan fingerprint density at radius 1 is 0.284 bits per heavy atom. The highest BCUT2D eigenvalue weighted by Crippen LogP contribution is 2.56. The maximum atomic E-state index is 5.04. The van der Waals surface area contributed by atoms with Crippen molar-refractivity contribution in [2.75, 3.05) is 0 Å². The molecule has 0 aliphatic heterocycles. The number of pyridine rings is 6. The molecule has 390 valence electrons. The first-order valence-electron chi connectivity index (χ1n) is 28.1. The summed E-state index contributed by atoms with van der Waals surface area (Å²) in [6, 6.07) is 62.9. The summed E-state index contributed by atoms with van der Waals surface area (Å²) in [6.07, 6.45) is 8.83. The van der Waals surface area contributed by atoms with Crippen molar-refractivity contribution >= 4 is 98.5 Å². The molecule has 18 rings (SSSR count). The number of benzene rings is 6. The maximum Gasteiger partial charge on any atom is 0.113 e. The van der Waals surface area contributed by atoms with Gasteiger partial charge in [0.15, 0.2) is 0 Å². The van der Waals surface area contributed by atoms with Gasteiger partial charge in [0.05, 0.1) is 66.2 Å². The third kappa shape index (κ3) is 8.14. The second kappa shape index (κ2) is 18.7. The van der Waals surface area contributed by atoms with E-state index in [4.69, 9.17) is 29.9 Å². The number of hydrogen-bond acceptors (Lipinski definition) is 9. The molecule has 3 aliphatic rings. The first kappa shape index (κ1) is 47.2. The van der Waals surface area contributed by atoms with Gasteiger partial charge in [-0.3, -0.25) is 29.9 Å². The lowest BCUT2D eigenvalue weighted by molar-refractivity contribution is 0.800. The summed E-state index contributed by atoms with van der Waals surface area (Å²) in [5, 5.41) is 6.95. The highest BCUT2D eigenvalue weighted by molar-refractivity contribution is 6.04. The molecule has 3 aliphatic carbocycles. The van der Waals surface area contributed by atoms with E-state index in [1.807, 2.05) is 55.0 Å². The van der Waals surface area contributed by atoms with Gasteiger partial charge in [-0.05, 0) is 128 Å². The van der Waals surface area contributed by atoms with E-state index in [9.17, 15) is 0 Å². The second-order valence-electron chi connectivity index (χ2n) is 22.2. The van der Waals surface area contributed by atoms with Crippen LogP contribution in [0.25, 0.3) is 98.5 Å². The van der Waals surface area contributed by atoms with Gasteiger partial charge in [-0.2, -0.15) is 0 Å². The number of aromatic nitrogens is 12. The lowest BCUT2D eigenvalue weighted by Gasteiger charge is -2.04. The number of fused-ring (bicyclic) bond motifs is 12. The summed E-state index contributed by atoms with van der Waals surface area (Å²) in [5.41, 5.74) is 16.4. The summed E-state index contributed by atoms with van der Waals surface area (Å²) >= 11 is 0. The number of nitrogens with zero attached hydrogens (tertiary/aromatic N) is 12. The van der Waals surface area contributed by atoms with Crippen LogP contribution in [-0.2, 0) is 21.1 Å². The standard InChI is InChI=1S/3C23H18N4/c3*1-27-21-11-10-19-15(6-4-12-24-19)22(21)26-23(27)17-13-16(17)20-9-8-14-5-2-3-7-18(14)25-20/h3*2-12,16-17H,13H2,1H3/t2*16-,17-;/m10./s1. The Labute approximate surface area is 465 Å². The molecule has 12 heteroatoms. The van der Waals surface area contributed by atoms with Gasteiger partial charge < -0.3 is 13.7 Å². The predicted octanol–water partition coefficient (Wildman–Crippen LogP) is 14.8. The normalized spacial score (nSPS) is 19.1. The van der Waals surface area contributed by atoms with Crippen LogP contribution in [-0.4, -0.2) is 58.6 Å². The van der Waals surface area contributed by atoms with Crippen LogP contribution >= 0.6 is 0 Å². The summed E-state index contributed by atoms with van der Waals surface area (Å²) in [7, 11) is 6.36. The minimum absolute atomic E-state index is 0.433. The Kier molecular flexibility index (Phi) is 10.9. The predicted molar refractivity (Wildman–Crippen MR) is 324 cm³/mol. The molecule has 0 saturated heterocycles. The van der Waals surface area contributed by atoms with E-state index in [0.717, 1.165) is 103 Å². The van der Waals surface area contributed by atoms with Gasteiger partial charge >= 0.3 is 0 Å². The largest absolute Gasteiger partial charge is 0.331 e. The van der Waals surface area contributed by atoms with E-state index in [0.29, 0.717) is 35.5 Å². The van der Waals surface area contributed by atoms with E-state index in [-0.39, 0.29) is 0 Å². The van der Waals surface area contributed by atoms with Crippen LogP contribution in [0, 0.1) is 0 Å². The van der Waals surface area contributed by atoms with Crippen LogP contribution < -0.4 is 0 Å². The van der Waals surface area contributed by atoms with E-state index in [1.165, 1.54) is 49.8 Å². The Balaban J connectivity index is 0.000000100. The lowest BCUT2D eigenvalue weighted by atomic mass is 10.1. The average molecular weight is 1050 g/mol. The first-order valence-corrected chi connectivity index (χ1v) is 28.1. The highest BCUT2D eigenvalue weighted by atomic mass is 15.1. The van der Waals surface area contributed by atoms with Crippen molar-refractivity contribution < 1.29 is 0 Å². The van der Waals surface area contributed by atoms with Crippen molar-refractivity contribution in [3.8, 4) is 0 Å². The smallest absolute Gasteiger partial charge is 0.113 e. The van der Waals surface area contributed by atoms with E-state index < -0.39 is 0 Å². The van der Waals surface area contributed by atoms with Gasteiger partial charge in [0.25, 0.3) is 0 Å². The molecule has 3 saturated carbocycles. The topological polar surface area (TPSA) is 131 Å². The van der Waals surface area contributed by atoms with Crippen molar-refractivity contribution in [3.05, 3.63) is 235 Å². The number of rotatable bonds is 6. The van der Waals surface area contributed by atoms with Crippen LogP contribution in [0.5, 0.6) is 0 Å². The molecule has 0 radical (unpaired) electrons. The van der Waals surface area contributed by atoms with Crippen LogP contribution in [0.15, 0.2) is 201 Å². The number of para-hydroxylation sites is 3. The van der Waals surface area contributed by atoms with Crippen LogP contribution in [0.4, 0.5) is 0 Å². The van der Waals surface area contributed by atoms with Gasteiger partial charge in [0.2, 0.25) is 0 Å². The van der Waals surface area contributed by atoms with Gasteiger partial charge in [-0.1, -0.05) is 72.8 Å². The van der Waals surface area contributed by atoms with Crippen LogP contribution in [0.1, 0.15) is 89.3 Å². The maximum absolute atomic E-state index is 5.04. The number of hydrogen-bond donors (Lipinski definition) is 0. The zero-order valence-electron chi connectivity index (χ0n) is 45.0. The molecule has 0 N–H and O–H groups in total. The summed E-state index contributed by atoms with van der Waals surface area (Å²) in [4.78, 5) is 43.2. The molecule has 6 aromatic carbocycles.